The molecule has 13 aromatic rings. The van der Waals surface area contributed by atoms with E-state index in [0.717, 1.165) is 55.8 Å². The standard InChI is InChI=1S/C64H42N2O/c1-2-15-53(16-3-1)66-61-19-8-6-17-57(61)59-41-51(29-37-62(59)66)45-25-33-55(34-26-45)65(56-35-27-46(28-36-56)52-30-38-64-60(42-52)58-18-7-9-20-63(58)67-64)54-31-23-44(24-32-54)48-13-10-14-49(39-48)50-22-21-43-11-4-5-12-47(43)40-50/h1-42H. The average molecular weight is 855 g/mol. The summed E-state index contributed by atoms with van der Waals surface area (Å²) in [5.41, 5.74) is 18.0. The van der Waals surface area contributed by atoms with Gasteiger partial charge in [0.25, 0.3) is 0 Å². The lowest BCUT2D eigenvalue weighted by Crippen LogP contribution is -2.09. The Morgan fingerprint density at radius 1 is 0.269 bits per heavy atom. The minimum absolute atomic E-state index is 0.902. The largest absolute Gasteiger partial charge is 0.456 e. The molecule has 11 aromatic carbocycles. The maximum absolute atomic E-state index is 6.15. The van der Waals surface area contributed by atoms with Crippen LogP contribution in [0.2, 0.25) is 0 Å². The Balaban J connectivity index is 0.866. The zero-order valence-corrected chi connectivity index (χ0v) is 36.6. The molecule has 3 nitrogen and oxygen atoms in total. The van der Waals surface area contributed by atoms with E-state index in [9.17, 15) is 0 Å². The summed E-state index contributed by atoms with van der Waals surface area (Å²) in [5.74, 6) is 0. The highest BCUT2D eigenvalue weighted by Crippen LogP contribution is 2.41. The fourth-order valence-electron chi connectivity index (χ4n) is 10.0. The van der Waals surface area contributed by atoms with E-state index >= 15 is 0 Å². The van der Waals surface area contributed by atoms with Gasteiger partial charge in [-0.3, -0.25) is 0 Å². The summed E-state index contributed by atoms with van der Waals surface area (Å²) < 4.78 is 8.52. The number of aromatic nitrogens is 1. The van der Waals surface area contributed by atoms with Crippen molar-refractivity contribution < 1.29 is 4.42 Å². The van der Waals surface area contributed by atoms with Gasteiger partial charge in [0.05, 0.1) is 11.0 Å². The van der Waals surface area contributed by atoms with E-state index < -0.39 is 0 Å². The van der Waals surface area contributed by atoms with Crippen LogP contribution in [0.1, 0.15) is 0 Å². The smallest absolute Gasteiger partial charge is 0.135 e. The van der Waals surface area contributed by atoms with Gasteiger partial charge in [-0.1, -0.05) is 158 Å². The zero-order valence-electron chi connectivity index (χ0n) is 36.6. The van der Waals surface area contributed by atoms with Crippen LogP contribution in [0.3, 0.4) is 0 Å². The highest BCUT2D eigenvalue weighted by molar-refractivity contribution is 6.10. The Kier molecular flexibility index (Phi) is 9.17. The summed E-state index contributed by atoms with van der Waals surface area (Å²) in [6, 6.07) is 92.0. The molecule has 0 saturated heterocycles. The second-order valence-corrected chi connectivity index (χ2v) is 17.3. The van der Waals surface area contributed by atoms with E-state index in [1.807, 2.05) is 12.1 Å². The zero-order chi connectivity index (χ0) is 44.3. The number of nitrogens with zero attached hydrogens (tertiary/aromatic N) is 2. The minimum atomic E-state index is 0.902. The van der Waals surface area contributed by atoms with Crippen molar-refractivity contribution in [3.05, 3.63) is 255 Å². The summed E-state index contributed by atoms with van der Waals surface area (Å²) in [4.78, 5) is 2.35. The van der Waals surface area contributed by atoms with Gasteiger partial charge >= 0.3 is 0 Å². The van der Waals surface area contributed by atoms with Gasteiger partial charge < -0.3 is 13.9 Å². The van der Waals surface area contributed by atoms with Gasteiger partial charge in [0, 0.05) is 44.3 Å². The summed E-state index contributed by atoms with van der Waals surface area (Å²) in [7, 11) is 0. The molecule has 314 valence electrons. The van der Waals surface area contributed by atoms with E-state index in [0.29, 0.717) is 0 Å². The van der Waals surface area contributed by atoms with Gasteiger partial charge in [0.2, 0.25) is 0 Å². The normalized spacial score (nSPS) is 11.6. The summed E-state index contributed by atoms with van der Waals surface area (Å²) in [6.45, 7) is 0. The van der Waals surface area contributed by atoms with E-state index in [1.54, 1.807) is 0 Å². The molecule has 0 amide bonds. The highest BCUT2D eigenvalue weighted by atomic mass is 16.3. The lowest BCUT2D eigenvalue weighted by Gasteiger charge is -2.26. The molecular weight excluding hydrogens is 813 g/mol. The Morgan fingerprint density at radius 3 is 1.45 bits per heavy atom. The molecule has 13 rings (SSSR count). The van der Waals surface area contributed by atoms with Gasteiger partial charge in [-0.2, -0.15) is 0 Å². The maximum atomic E-state index is 6.15. The van der Waals surface area contributed by atoms with Gasteiger partial charge in [0.15, 0.2) is 0 Å². The van der Waals surface area contributed by atoms with E-state index in [2.05, 4.69) is 252 Å². The van der Waals surface area contributed by atoms with Gasteiger partial charge in [-0.15, -0.1) is 0 Å². The SMILES string of the molecule is c1ccc(-n2c3ccccc3c3cc(-c4ccc(N(c5ccc(-c6cccc(-c7ccc8ccccc8c7)c6)cc5)c5ccc(-c6ccc7oc8ccccc8c7c6)cc5)cc4)ccc32)cc1. The Labute approximate surface area is 388 Å². The molecule has 0 aliphatic carbocycles. The third-order valence-electron chi connectivity index (χ3n) is 13.4. The van der Waals surface area contributed by atoms with Crippen LogP contribution in [0.5, 0.6) is 0 Å². The third-order valence-corrected chi connectivity index (χ3v) is 13.4. The molecule has 67 heavy (non-hydrogen) atoms. The van der Waals surface area contributed by atoms with Crippen molar-refractivity contribution >= 4 is 71.6 Å². The monoisotopic (exact) mass is 854 g/mol. The van der Waals surface area contributed by atoms with Crippen molar-refractivity contribution in [2.24, 2.45) is 0 Å². The molecule has 0 spiro atoms. The second-order valence-electron chi connectivity index (χ2n) is 17.3. The van der Waals surface area contributed by atoms with Crippen LogP contribution < -0.4 is 4.90 Å². The lowest BCUT2D eigenvalue weighted by molar-refractivity contribution is 0.669. The average Bonchev–Trinajstić information content (AvgIpc) is 3.95. The van der Waals surface area contributed by atoms with E-state index in [4.69, 9.17) is 4.42 Å². The molecule has 0 saturated carbocycles. The van der Waals surface area contributed by atoms with Crippen LogP contribution in [0, 0.1) is 0 Å². The van der Waals surface area contributed by atoms with Crippen molar-refractivity contribution in [3.8, 4) is 50.2 Å². The number of hydrogen-bond acceptors (Lipinski definition) is 2. The van der Waals surface area contributed by atoms with Crippen LogP contribution in [-0.4, -0.2) is 4.57 Å². The maximum Gasteiger partial charge on any atom is 0.135 e. The molecule has 2 aromatic heterocycles. The summed E-state index contributed by atoms with van der Waals surface area (Å²) >= 11 is 0. The number of para-hydroxylation sites is 3. The molecular formula is C64H42N2O. The predicted molar refractivity (Wildman–Crippen MR) is 282 cm³/mol. The van der Waals surface area contributed by atoms with Crippen molar-refractivity contribution in [1.82, 2.24) is 4.57 Å². The van der Waals surface area contributed by atoms with Crippen LogP contribution in [0.25, 0.3) is 105 Å². The Morgan fingerprint density at radius 2 is 0.746 bits per heavy atom. The fourth-order valence-corrected chi connectivity index (χ4v) is 10.0. The van der Waals surface area contributed by atoms with Gasteiger partial charge in [-0.25, -0.2) is 0 Å². The Bertz CT molecular complexity index is 3950. The highest BCUT2D eigenvalue weighted by Gasteiger charge is 2.17. The van der Waals surface area contributed by atoms with Crippen LogP contribution in [-0.2, 0) is 0 Å². The first-order valence-corrected chi connectivity index (χ1v) is 22.9. The molecule has 0 unspecified atom stereocenters. The van der Waals surface area contributed by atoms with Crippen LogP contribution in [0.4, 0.5) is 17.1 Å². The molecule has 0 aliphatic rings. The van der Waals surface area contributed by atoms with Gasteiger partial charge in [0.1, 0.15) is 11.2 Å². The first kappa shape index (κ1) is 38.5. The number of anilines is 3. The van der Waals surface area contributed by atoms with E-state index in [-0.39, 0.29) is 0 Å². The first-order chi connectivity index (χ1) is 33.2. The molecule has 0 bridgehead atoms. The third kappa shape index (κ3) is 6.84. The number of fused-ring (bicyclic) bond motifs is 7. The molecule has 2 heterocycles. The van der Waals surface area contributed by atoms with Crippen LogP contribution in [0.15, 0.2) is 259 Å². The molecule has 0 fully saturated rings. The fraction of sp³-hybridized carbons (Fsp3) is 0. The molecule has 0 N–H and O–H groups in total. The van der Waals surface area contributed by atoms with Crippen molar-refractivity contribution in [1.29, 1.82) is 0 Å². The quantitative estimate of drug-likeness (QED) is 0.152. The van der Waals surface area contributed by atoms with Gasteiger partial charge in [-0.05, 0) is 152 Å². The predicted octanol–water partition coefficient (Wildman–Crippen LogP) is 18.0. The Hall–Kier alpha value is -8.92. The second kappa shape index (κ2) is 16.0. The molecule has 0 aliphatic heterocycles. The number of hydrogen-bond donors (Lipinski definition) is 0. The summed E-state index contributed by atoms with van der Waals surface area (Å²) in [5, 5.41) is 7.25. The van der Waals surface area contributed by atoms with Crippen LogP contribution >= 0.6 is 0 Å². The molecule has 0 radical (unpaired) electrons. The minimum Gasteiger partial charge on any atom is -0.456 e. The molecule has 3 heteroatoms. The number of rotatable bonds is 8. The molecule has 0 atom stereocenters. The van der Waals surface area contributed by atoms with Crippen molar-refractivity contribution in [3.63, 3.8) is 0 Å². The van der Waals surface area contributed by atoms with E-state index in [1.165, 1.54) is 66.0 Å². The first-order valence-electron chi connectivity index (χ1n) is 22.9. The van der Waals surface area contributed by atoms with Crippen molar-refractivity contribution in [2.75, 3.05) is 4.90 Å². The number of furan rings is 1. The summed E-state index contributed by atoms with van der Waals surface area (Å²) in [6.07, 6.45) is 0. The lowest BCUT2D eigenvalue weighted by atomic mass is 9.97. The number of benzene rings is 11. The topological polar surface area (TPSA) is 21.3 Å². The van der Waals surface area contributed by atoms with Crippen molar-refractivity contribution in [2.45, 2.75) is 0 Å².